The summed E-state index contributed by atoms with van der Waals surface area (Å²) in [6.07, 6.45) is 0. The third kappa shape index (κ3) is 3.38. The molecule has 0 aliphatic carbocycles. The first-order chi connectivity index (χ1) is 8.66. The maximum atomic E-state index is 12.0. The fourth-order valence-electron chi connectivity index (χ4n) is 1.52. The zero-order valence-electron chi connectivity index (χ0n) is 9.93. The van der Waals surface area contributed by atoms with Gasteiger partial charge in [-0.25, -0.2) is 0 Å². The van der Waals surface area contributed by atoms with Crippen LogP contribution in [0.25, 0.3) is 0 Å². The third-order valence-electron chi connectivity index (χ3n) is 2.53. The second-order valence-corrected chi connectivity index (χ2v) is 5.81. The lowest BCUT2D eigenvalue weighted by molar-refractivity contribution is 0.107. The molecule has 0 amide bonds. The Kier molecular flexibility index (Phi) is 4.46. The largest absolute Gasteiger partial charge is 0.289 e. The molecule has 2 aromatic carbocycles. The molecule has 0 spiro atoms. The van der Waals surface area contributed by atoms with E-state index in [4.69, 9.17) is 0 Å². The second kappa shape index (κ2) is 6.08. The van der Waals surface area contributed by atoms with Gasteiger partial charge in [0.1, 0.15) is 0 Å². The van der Waals surface area contributed by atoms with Crippen LogP contribution in [0.2, 0.25) is 0 Å². The summed E-state index contributed by atoms with van der Waals surface area (Å²) in [6, 6.07) is 15.6. The van der Waals surface area contributed by atoms with Crippen LogP contribution in [-0.2, 0) is 0 Å². The Balaban J connectivity index is 2.17. The third-order valence-corrected chi connectivity index (χ3v) is 4.38. The molecule has 90 valence electrons. The van der Waals surface area contributed by atoms with Gasteiger partial charge in [0.25, 0.3) is 0 Å². The second-order valence-electron chi connectivity index (χ2n) is 3.92. The van der Waals surface area contributed by atoms with Gasteiger partial charge in [-0.3, -0.25) is 4.79 Å². The Morgan fingerprint density at radius 2 is 1.89 bits per heavy atom. The predicted octanol–water partition coefficient (Wildman–Crippen LogP) is 4.01. The number of hydrogen-bond acceptors (Lipinski definition) is 1. The predicted molar refractivity (Wildman–Crippen MR) is 82.3 cm³/mol. The first kappa shape index (κ1) is 13.2. The zero-order valence-corrected chi connectivity index (χ0v) is 12.4. The molecule has 0 heterocycles. The van der Waals surface area contributed by atoms with E-state index in [-0.39, 0.29) is 5.78 Å². The number of halogens is 1. The standard InChI is InChI=1S/C15H12BrOP/c1-11-9-12(7-8-14(11)16)15(17)10-18-13-5-3-2-4-6-13/h2-10H,1H3. The van der Waals surface area contributed by atoms with Crippen molar-refractivity contribution in [2.75, 3.05) is 0 Å². The lowest BCUT2D eigenvalue weighted by Gasteiger charge is -2.00. The van der Waals surface area contributed by atoms with Crippen molar-refractivity contribution >= 4 is 41.0 Å². The number of carbonyl (C=O) groups is 1. The van der Waals surface area contributed by atoms with E-state index in [1.54, 1.807) is 5.80 Å². The summed E-state index contributed by atoms with van der Waals surface area (Å²) in [6.45, 7) is 1.98. The van der Waals surface area contributed by atoms with Crippen molar-refractivity contribution in [3.8, 4) is 0 Å². The highest BCUT2D eigenvalue weighted by Gasteiger charge is 2.03. The number of benzene rings is 2. The Morgan fingerprint density at radius 1 is 1.17 bits per heavy atom. The molecule has 18 heavy (non-hydrogen) atoms. The number of hydrogen-bond donors (Lipinski definition) is 0. The number of carbonyl (C=O) groups excluding carboxylic acids is 1. The topological polar surface area (TPSA) is 17.1 Å². The minimum absolute atomic E-state index is 0.0659. The van der Waals surface area contributed by atoms with E-state index in [2.05, 4.69) is 15.9 Å². The first-order valence-corrected chi connectivity index (χ1v) is 7.32. The highest BCUT2D eigenvalue weighted by atomic mass is 79.9. The molecule has 0 radical (unpaired) electrons. The van der Waals surface area contributed by atoms with Crippen LogP contribution < -0.4 is 5.30 Å². The molecule has 2 aromatic rings. The van der Waals surface area contributed by atoms with Gasteiger partial charge in [0.05, 0.1) is 0 Å². The summed E-state index contributed by atoms with van der Waals surface area (Å²) in [5.74, 6) is 1.77. The van der Waals surface area contributed by atoms with Gasteiger partial charge in [-0.2, -0.15) is 0 Å². The average molecular weight is 319 g/mol. The van der Waals surface area contributed by atoms with Crippen LogP contribution in [-0.4, -0.2) is 11.6 Å². The van der Waals surface area contributed by atoms with Crippen LogP contribution in [0.4, 0.5) is 0 Å². The monoisotopic (exact) mass is 318 g/mol. The average Bonchev–Trinajstić information content (AvgIpc) is 2.40. The van der Waals surface area contributed by atoms with Crippen molar-refractivity contribution in [1.29, 1.82) is 0 Å². The Morgan fingerprint density at radius 3 is 2.56 bits per heavy atom. The number of Topliss-reactive ketones (excluding diaryl/α,β-unsaturated/α-hetero) is 1. The molecule has 0 aliphatic rings. The summed E-state index contributed by atoms with van der Waals surface area (Å²) in [7, 11) is 0.933. The maximum Gasteiger partial charge on any atom is 0.190 e. The van der Waals surface area contributed by atoms with E-state index < -0.39 is 0 Å². The number of rotatable bonds is 3. The van der Waals surface area contributed by atoms with E-state index in [9.17, 15) is 4.79 Å². The fraction of sp³-hybridized carbons (Fsp3) is 0.0667. The molecule has 0 saturated carbocycles. The van der Waals surface area contributed by atoms with Crippen LogP contribution >= 0.6 is 24.1 Å². The summed E-state index contributed by atoms with van der Waals surface area (Å²) in [4.78, 5) is 12.0. The lowest BCUT2D eigenvalue weighted by Crippen LogP contribution is -2.01. The summed E-state index contributed by atoms with van der Waals surface area (Å²) in [5.41, 5.74) is 1.81. The highest BCUT2D eigenvalue weighted by Crippen LogP contribution is 2.17. The molecule has 0 saturated heterocycles. The molecule has 2 rings (SSSR count). The first-order valence-electron chi connectivity index (χ1n) is 5.56. The molecule has 0 fully saturated rings. The van der Waals surface area contributed by atoms with Crippen molar-refractivity contribution in [3.63, 3.8) is 0 Å². The molecular weight excluding hydrogens is 307 g/mol. The van der Waals surface area contributed by atoms with Gasteiger partial charge >= 0.3 is 0 Å². The molecule has 3 heteroatoms. The van der Waals surface area contributed by atoms with E-state index in [1.165, 1.54) is 0 Å². The van der Waals surface area contributed by atoms with Gasteiger partial charge in [-0.15, -0.1) is 0 Å². The smallest absolute Gasteiger partial charge is 0.190 e. The van der Waals surface area contributed by atoms with Crippen molar-refractivity contribution < 1.29 is 4.79 Å². The summed E-state index contributed by atoms with van der Waals surface area (Å²) >= 11 is 3.43. The molecule has 0 aliphatic heterocycles. The van der Waals surface area contributed by atoms with Gasteiger partial charge in [0.2, 0.25) is 0 Å². The van der Waals surface area contributed by atoms with Gasteiger partial charge < -0.3 is 0 Å². The van der Waals surface area contributed by atoms with E-state index in [0.717, 1.165) is 29.1 Å². The molecule has 1 nitrogen and oxygen atoms in total. The molecule has 0 aromatic heterocycles. The zero-order chi connectivity index (χ0) is 13.0. The Hall–Kier alpha value is -1.24. The highest BCUT2D eigenvalue weighted by molar-refractivity contribution is 9.10. The van der Waals surface area contributed by atoms with Crippen molar-refractivity contribution in [2.24, 2.45) is 0 Å². The minimum atomic E-state index is 0.0659. The molecule has 0 atom stereocenters. The van der Waals surface area contributed by atoms with Crippen LogP contribution in [0, 0.1) is 6.92 Å². The van der Waals surface area contributed by atoms with E-state index in [1.807, 2.05) is 55.5 Å². The van der Waals surface area contributed by atoms with E-state index in [0.29, 0.717) is 0 Å². The Labute approximate surface area is 117 Å². The van der Waals surface area contributed by atoms with Gasteiger partial charge in [0.15, 0.2) is 5.78 Å². The van der Waals surface area contributed by atoms with Crippen LogP contribution in [0.1, 0.15) is 15.9 Å². The van der Waals surface area contributed by atoms with Gasteiger partial charge in [0, 0.05) is 21.1 Å². The van der Waals surface area contributed by atoms with Crippen molar-refractivity contribution in [2.45, 2.75) is 6.92 Å². The summed E-state index contributed by atoms with van der Waals surface area (Å²) in [5, 5.41) is 1.12. The van der Waals surface area contributed by atoms with Gasteiger partial charge in [-0.1, -0.05) is 54.5 Å². The molecule has 0 N–H and O–H groups in total. The van der Waals surface area contributed by atoms with E-state index >= 15 is 0 Å². The molecule has 0 bridgehead atoms. The molecule has 0 unspecified atom stereocenters. The molecular formula is C15H12BrOP. The summed E-state index contributed by atoms with van der Waals surface area (Å²) < 4.78 is 1.03. The van der Waals surface area contributed by atoms with Crippen molar-refractivity contribution in [3.05, 3.63) is 64.1 Å². The van der Waals surface area contributed by atoms with Crippen LogP contribution in [0.5, 0.6) is 0 Å². The van der Waals surface area contributed by atoms with Crippen LogP contribution in [0.15, 0.2) is 53.0 Å². The lowest BCUT2D eigenvalue weighted by atomic mass is 10.1. The normalized spacial score (nSPS) is 10.8. The Bertz CT molecular complexity index is 591. The number of aryl methyl sites for hydroxylation is 1. The maximum absolute atomic E-state index is 12.0. The SMILES string of the molecule is Cc1cc(C(=O)C=Pc2ccccc2)ccc1Br. The van der Waals surface area contributed by atoms with Gasteiger partial charge in [-0.05, 0) is 30.7 Å². The number of ketones is 1. The minimum Gasteiger partial charge on any atom is -0.289 e. The quantitative estimate of drug-likeness (QED) is 0.617. The van der Waals surface area contributed by atoms with Crippen LogP contribution in [0.3, 0.4) is 0 Å². The fourth-order valence-corrected chi connectivity index (χ4v) is 2.53. The van der Waals surface area contributed by atoms with Crippen molar-refractivity contribution in [1.82, 2.24) is 0 Å².